The Morgan fingerprint density at radius 2 is 1.95 bits per heavy atom. The van der Waals surface area contributed by atoms with Crippen LogP contribution in [0.5, 0.6) is 0 Å². The van der Waals surface area contributed by atoms with Crippen LogP contribution in [0, 0.1) is 6.92 Å². The van der Waals surface area contributed by atoms with Crippen LogP contribution in [0.15, 0.2) is 35.6 Å². The molecule has 0 unspecified atom stereocenters. The summed E-state index contributed by atoms with van der Waals surface area (Å²) < 4.78 is 39.2. The van der Waals surface area contributed by atoms with Crippen LogP contribution in [0.3, 0.4) is 0 Å². The molecule has 0 saturated carbocycles. The summed E-state index contributed by atoms with van der Waals surface area (Å²) >= 11 is 1.01. The Bertz CT molecular complexity index is 650. The van der Waals surface area contributed by atoms with Gasteiger partial charge in [-0.05, 0) is 31.2 Å². The van der Waals surface area contributed by atoms with Crippen LogP contribution in [0.25, 0.3) is 5.69 Å². The van der Waals surface area contributed by atoms with E-state index in [4.69, 9.17) is 5.11 Å². The molecule has 0 aliphatic heterocycles. The van der Waals surface area contributed by atoms with Crippen LogP contribution in [-0.2, 0) is 11.0 Å². The fourth-order valence-corrected chi connectivity index (χ4v) is 2.46. The Hall–Kier alpha value is -1.96. The number of nitrogens with zero attached hydrogens (tertiary/aromatic N) is 2. The maximum absolute atomic E-state index is 12.5. The molecular formula is C13H11F3N2O2S. The first-order chi connectivity index (χ1) is 9.77. The van der Waals surface area contributed by atoms with Gasteiger partial charge in [0.2, 0.25) is 0 Å². The summed E-state index contributed by atoms with van der Waals surface area (Å²) in [7, 11) is 0. The molecule has 0 aliphatic carbocycles. The lowest BCUT2D eigenvalue weighted by Crippen LogP contribution is -2.05. The van der Waals surface area contributed by atoms with Gasteiger partial charge in [0, 0.05) is 11.9 Å². The monoisotopic (exact) mass is 316 g/mol. The van der Waals surface area contributed by atoms with Crippen LogP contribution in [0.1, 0.15) is 11.3 Å². The summed E-state index contributed by atoms with van der Waals surface area (Å²) in [6, 6.07) is 4.62. The van der Waals surface area contributed by atoms with E-state index in [-0.39, 0.29) is 5.75 Å². The van der Waals surface area contributed by atoms with Crippen molar-refractivity contribution in [2.75, 3.05) is 5.75 Å². The number of rotatable bonds is 4. The SMILES string of the molecule is Cc1cn(-c2ccc(C(F)(F)F)cc2)c(SCC(=O)O)n1. The number of carboxylic acids is 1. The number of hydrogen-bond donors (Lipinski definition) is 1. The van der Waals surface area contributed by atoms with Crippen molar-refractivity contribution in [3.63, 3.8) is 0 Å². The maximum atomic E-state index is 12.5. The second-order valence-corrected chi connectivity index (χ2v) is 5.20. The Morgan fingerprint density at radius 3 is 2.48 bits per heavy atom. The molecule has 2 aromatic rings. The van der Waals surface area contributed by atoms with Gasteiger partial charge in [-0.25, -0.2) is 4.98 Å². The molecule has 8 heteroatoms. The lowest BCUT2D eigenvalue weighted by molar-refractivity contribution is -0.137. The van der Waals surface area contributed by atoms with E-state index in [2.05, 4.69) is 4.98 Å². The highest BCUT2D eigenvalue weighted by Crippen LogP contribution is 2.30. The molecule has 0 aliphatic rings. The quantitative estimate of drug-likeness (QED) is 0.879. The van der Waals surface area contributed by atoms with Crippen LogP contribution in [-0.4, -0.2) is 26.4 Å². The molecule has 1 aromatic carbocycles. The van der Waals surface area contributed by atoms with Crippen LogP contribution >= 0.6 is 11.8 Å². The number of carboxylic acid groups (broad SMARTS) is 1. The number of thioether (sulfide) groups is 1. The van der Waals surface area contributed by atoms with Crippen molar-refractivity contribution in [1.29, 1.82) is 0 Å². The third kappa shape index (κ3) is 3.78. The Kier molecular flexibility index (Phi) is 4.26. The topological polar surface area (TPSA) is 55.1 Å². The zero-order chi connectivity index (χ0) is 15.6. The number of benzene rings is 1. The number of aliphatic carboxylic acids is 1. The lowest BCUT2D eigenvalue weighted by Gasteiger charge is -2.09. The molecule has 1 heterocycles. The maximum Gasteiger partial charge on any atom is 0.416 e. The number of imidazole rings is 1. The van der Waals surface area contributed by atoms with Crippen LogP contribution < -0.4 is 0 Å². The molecule has 0 spiro atoms. The van der Waals surface area contributed by atoms with Crippen molar-refractivity contribution in [3.8, 4) is 5.69 Å². The summed E-state index contributed by atoms with van der Waals surface area (Å²) in [4.78, 5) is 14.8. The van der Waals surface area contributed by atoms with E-state index >= 15 is 0 Å². The summed E-state index contributed by atoms with van der Waals surface area (Å²) in [5, 5.41) is 9.11. The molecule has 1 aromatic heterocycles. The molecular weight excluding hydrogens is 305 g/mol. The van der Waals surface area contributed by atoms with E-state index in [1.54, 1.807) is 17.7 Å². The van der Waals surface area contributed by atoms with Gasteiger partial charge in [0.1, 0.15) is 0 Å². The van der Waals surface area contributed by atoms with Crippen LogP contribution in [0.4, 0.5) is 13.2 Å². The number of aryl methyl sites for hydroxylation is 1. The molecule has 112 valence electrons. The number of hydrogen-bond acceptors (Lipinski definition) is 3. The molecule has 0 fully saturated rings. The fraction of sp³-hybridized carbons (Fsp3) is 0.231. The van der Waals surface area contributed by atoms with Gasteiger partial charge in [-0.3, -0.25) is 9.36 Å². The number of aromatic nitrogens is 2. The van der Waals surface area contributed by atoms with Gasteiger partial charge in [-0.2, -0.15) is 13.2 Å². The zero-order valence-corrected chi connectivity index (χ0v) is 11.7. The van der Waals surface area contributed by atoms with Crippen molar-refractivity contribution in [2.24, 2.45) is 0 Å². The highest BCUT2D eigenvalue weighted by Gasteiger charge is 2.30. The average molecular weight is 316 g/mol. The highest BCUT2D eigenvalue weighted by atomic mass is 32.2. The zero-order valence-electron chi connectivity index (χ0n) is 10.9. The van der Waals surface area contributed by atoms with E-state index in [0.29, 0.717) is 16.5 Å². The number of halogens is 3. The predicted octanol–water partition coefficient (Wildman–Crippen LogP) is 3.38. The van der Waals surface area contributed by atoms with Crippen molar-refractivity contribution in [3.05, 3.63) is 41.7 Å². The Morgan fingerprint density at radius 1 is 1.33 bits per heavy atom. The predicted molar refractivity (Wildman–Crippen MR) is 71.7 cm³/mol. The van der Waals surface area contributed by atoms with Gasteiger partial charge in [-0.15, -0.1) is 0 Å². The van der Waals surface area contributed by atoms with E-state index < -0.39 is 17.7 Å². The summed E-state index contributed by atoms with van der Waals surface area (Å²) in [5.74, 6) is -1.16. The smallest absolute Gasteiger partial charge is 0.416 e. The summed E-state index contributed by atoms with van der Waals surface area (Å²) in [5.41, 5.74) is 0.419. The van der Waals surface area contributed by atoms with Crippen molar-refractivity contribution >= 4 is 17.7 Å². The number of carbonyl (C=O) groups is 1. The molecule has 0 atom stereocenters. The molecule has 0 amide bonds. The second-order valence-electron chi connectivity index (χ2n) is 4.26. The molecule has 4 nitrogen and oxygen atoms in total. The second kappa shape index (κ2) is 5.80. The minimum atomic E-state index is -4.38. The molecule has 21 heavy (non-hydrogen) atoms. The van der Waals surface area contributed by atoms with Gasteiger partial charge >= 0.3 is 12.1 Å². The molecule has 0 saturated heterocycles. The highest BCUT2D eigenvalue weighted by molar-refractivity contribution is 7.99. The summed E-state index contributed by atoms with van der Waals surface area (Å²) in [6.45, 7) is 1.73. The van der Waals surface area contributed by atoms with Gasteiger partial charge in [0.15, 0.2) is 5.16 Å². The first kappa shape index (κ1) is 15.4. The third-order valence-electron chi connectivity index (χ3n) is 2.59. The molecule has 1 N–H and O–H groups in total. The molecule has 0 bridgehead atoms. The van der Waals surface area contributed by atoms with Gasteiger partial charge in [-0.1, -0.05) is 11.8 Å². The number of alkyl halides is 3. The van der Waals surface area contributed by atoms with E-state index in [9.17, 15) is 18.0 Å². The van der Waals surface area contributed by atoms with Gasteiger partial charge in [0.05, 0.1) is 17.0 Å². The van der Waals surface area contributed by atoms with E-state index in [0.717, 1.165) is 23.9 Å². The third-order valence-corrected chi connectivity index (χ3v) is 3.53. The lowest BCUT2D eigenvalue weighted by atomic mass is 10.2. The van der Waals surface area contributed by atoms with Crippen molar-refractivity contribution in [1.82, 2.24) is 9.55 Å². The fourth-order valence-electron chi connectivity index (χ4n) is 1.70. The normalized spacial score (nSPS) is 11.6. The minimum Gasteiger partial charge on any atom is -0.481 e. The van der Waals surface area contributed by atoms with Crippen LogP contribution in [0.2, 0.25) is 0 Å². The van der Waals surface area contributed by atoms with Crippen molar-refractivity contribution < 1.29 is 23.1 Å². The van der Waals surface area contributed by atoms with E-state index in [1.165, 1.54) is 12.1 Å². The van der Waals surface area contributed by atoms with Gasteiger partial charge < -0.3 is 5.11 Å². The summed E-state index contributed by atoms with van der Waals surface area (Å²) in [6.07, 6.45) is -2.74. The Labute approximate surface area is 122 Å². The standard InChI is InChI=1S/C13H11F3N2O2S/c1-8-6-18(12(17-8)21-7-11(19)20)10-4-2-9(3-5-10)13(14,15)16/h2-6H,7H2,1H3,(H,19,20). The Balaban J connectivity index is 2.31. The molecule has 2 rings (SSSR count). The average Bonchev–Trinajstić information content (AvgIpc) is 2.77. The first-order valence-electron chi connectivity index (χ1n) is 5.85. The van der Waals surface area contributed by atoms with Gasteiger partial charge in [0.25, 0.3) is 0 Å². The first-order valence-corrected chi connectivity index (χ1v) is 6.84. The van der Waals surface area contributed by atoms with Crippen molar-refractivity contribution in [2.45, 2.75) is 18.3 Å². The molecule has 0 radical (unpaired) electrons. The van der Waals surface area contributed by atoms with E-state index in [1.807, 2.05) is 0 Å². The largest absolute Gasteiger partial charge is 0.481 e. The minimum absolute atomic E-state index is 0.170.